The standard InChI is InChI=1S/C14H18N6S/c1-3-10-9(6-15)11-12(17-10)18-14(21-2)19-13(11)20-5-4-8(16)7-20/h8H,3-5,7,16H2,1-2H3,(H,17,18,19). The van der Waals surface area contributed by atoms with Crippen molar-refractivity contribution in [1.82, 2.24) is 15.0 Å². The number of aryl methyl sites for hydroxylation is 1. The minimum atomic E-state index is 0.169. The molecule has 1 fully saturated rings. The summed E-state index contributed by atoms with van der Waals surface area (Å²) in [6, 6.07) is 2.48. The van der Waals surface area contributed by atoms with Gasteiger partial charge in [0.15, 0.2) is 5.16 Å². The van der Waals surface area contributed by atoms with Crippen LogP contribution in [0.5, 0.6) is 0 Å². The Morgan fingerprint density at radius 2 is 2.33 bits per heavy atom. The predicted octanol–water partition coefficient (Wildman–Crippen LogP) is 1.65. The molecule has 2 aromatic heterocycles. The summed E-state index contributed by atoms with van der Waals surface area (Å²) >= 11 is 1.50. The van der Waals surface area contributed by atoms with Gasteiger partial charge in [-0.15, -0.1) is 0 Å². The van der Waals surface area contributed by atoms with Gasteiger partial charge >= 0.3 is 0 Å². The normalized spacial score (nSPS) is 18.4. The maximum Gasteiger partial charge on any atom is 0.191 e. The van der Waals surface area contributed by atoms with Crippen LogP contribution in [-0.4, -0.2) is 40.3 Å². The Kier molecular flexibility index (Phi) is 3.74. The molecule has 0 aromatic carbocycles. The van der Waals surface area contributed by atoms with Crippen molar-refractivity contribution < 1.29 is 0 Å². The van der Waals surface area contributed by atoms with Crippen LogP contribution in [0.4, 0.5) is 5.82 Å². The van der Waals surface area contributed by atoms with Gasteiger partial charge in [-0.1, -0.05) is 18.7 Å². The maximum absolute atomic E-state index is 9.51. The molecular weight excluding hydrogens is 284 g/mol. The molecule has 1 aliphatic heterocycles. The fourth-order valence-corrected chi connectivity index (χ4v) is 3.15. The van der Waals surface area contributed by atoms with Gasteiger partial charge in [-0.25, -0.2) is 9.97 Å². The molecule has 0 bridgehead atoms. The molecule has 3 N–H and O–H groups in total. The SMILES string of the molecule is CCc1[nH]c2nc(SC)nc(N3CCC(N)C3)c2c1C#N. The summed E-state index contributed by atoms with van der Waals surface area (Å²) in [6.45, 7) is 3.68. The van der Waals surface area contributed by atoms with E-state index < -0.39 is 0 Å². The number of rotatable bonds is 3. The molecule has 1 atom stereocenters. The van der Waals surface area contributed by atoms with Crippen molar-refractivity contribution in [2.45, 2.75) is 31.0 Å². The van der Waals surface area contributed by atoms with Crippen LogP contribution < -0.4 is 10.6 Å². The fourth-order valence-electron chi connectivity index (χ4n) is 2.79. The highest BCUT2D eigenvalue weighted by Gasteiger charge is 2.26. The van der Waals surface area contributed by atoms with Crippen LogP contribution in [0, 0.1) is 11.3 Å². The van der Waals surface area contributed by atoms with E-state index in [1.807, 2.05) is 13.2 Å². The average molecular weight is 302 g/mol. The van der Waals surface area contributed by atoms with E-state index in [0.29, 0.717) is 10.7 Å². The van der Waals surface area contributed by atoms with Crippen LogP contribution >= 0.6 is 11.8 Å². The number of nitrogens with two attached hydrogens (primary N) is 1. The van der Waals surface area contributed by atoms with Crippen LogP contribution in [0.25, 0.3) is 11.0 Å². The molecule has 1 unspecified atom stereocenters. The number of anilines is 1. The molecule has 1 saturated heterocycles. The molecule has 3 rings (SSSR count). The second-order valence-electron chi connectivity index (χ2n) is 5.20. The first-order chi connectivity index (χ1) is 10.2. The smallest absolute Gasteiger partial charge is 0.191 e. The van der Waals surface area contributed by atoms with Gasteiger partial charge in [0.1, 0.15) is 17.5 Å². The second kappa shape index (κ2) is 5.54. The van der Waals surface area contributed by atoms with E-state index in [1.165, 1.54) is 11.8 Å². The summed E-state index contributed by atoms with van der Waals surface area (Å²) in [6.07, 6.45) is 3.68. The number of thioether (sulfide) groups is 1. The first-order valence-electron chi connectivity index (χ1n) is 7.05. The molecule has 2 aromatic rings. The van der Waals surface area contributed by atoms with Gasteiger partial charge in [0, 0.05) is 24.8 Å². The Hall–Kier alpha value is -1.78. The number of nitrogens with one attached hydrogen (secondary N) is 1. The molecule has 110 valence electrons. The molecule has 0 amide bonds. The number of H-pyrrole nitrogens is 1. The maximum atomic E-state index is 9.51. The van der Waals surface area contributed by atoms with Gasteiger partial charge in [-0.3, -0.25) is 0 Å². The first kappa shape index (κ1) is 14.2. The van der Waals surface area contributed by atoms with Crippen LogP contribution in [0.15, 0.2) is 5.16 Å². The largest absolute Gasteiger partial charge is 0.354 e. The zero-order valence-corrected chi connectivity index (χ0v) is 13.0. The lowest BCUT2D eigenvalue weighted by atomic mass is 10.1. The van der Waals surface area contributed by atoms with Gasteiger partial charge < -0.3 is 15.6 Å². The monoisotopic (exact) mass is 302 g/mol. The highest BCUT2D eigenvalue weighted by Crippen LogP contribution is 2.32. The Morgan fingerprint density at radius 3 is 2.90 bits per heavy atom. The molecule has 3 heterocycles. The number of nitrogens with zero attached hydrogens (tertiary/aromatic N) is 4. The molecular formula is C14H18N6S. The molecule has 0 saturated carbocycles. The minimum Gasteiger partial charge on any atom is -0.354 e. The van der Waals surface area contributed by atoms with Gasteiger partial charge in [-0.2, -0.15) is 5.26 Å². The van der Waals surface area contributed by atoms with Crippen molar-refractivity contribution in [2.24, 2.45) is 5.73 Å². The summed E-state index contributed by atoms with van der Waals surface area (Å²) in [7, 11) is 0. The molecule has 0 spiro atoms. The molecule has 0 radical (unpaired) electrons. The van der Waals surface area contributed by atoms with E-state index in [2.05, 4.69) is 25.9 Å². The number of hydrogen-bond acceptors (Lipinski definition) is 6. The number of fused-ring (bicyclic) bond motifs is 1. The predicted molar refractivity (Wildman–Crippen MR) is 84.6 cm³/mol. The Labute approximate surface area is 127 Å². The quantitative estimate of drug-likeness (QED) is 0.661. The van der Waals surface area contributed by atoms with E-state index >= 15 is 0 Å². The number of hydrogen-bond donors (Lipinski definition) is 2. The van der Waals surface area contributed by atoms with Gasteiger partial charge in [0.05, 0.1) is 10.9 Å². The third-order valence-corrected chi connectivity index (χ3v) is 4.41. The second-order valence-corrected chi connectivity index (χ2v) is 5.97. The molecule has 21 heavy (non-hydrogen) atoms. The van der Waals surface area contributed by atoms with Crippen molar-refractivity contribution in [2.75, 3.05) is 24.2 Å². The topological polar surface area (TPSA) is 94.6 Å². The van der Waals surface area contributed by atoms with E-state index in [0.717, 1.165) is 48.5 Å². The van der Waals surface area contributed by atoms with E-state index in [-0.39, 0.29) is 6.04 Å². The van der Waals surface area contributed by atoms with E-state index in [1.54, 1.807) is 0 Å². The summed E-state index contributed by atoms with van der Waals surface area (Å²) in [5.74, 6) is 0.838. The van der Waals surface area contributed by atoms with Crippen molar-refractivity contribution in [3.8, 4) is 6.07 Å². The van der Waals surface area contributed by atoms with E-state index in [9.17, 15) is 5.26 Å². The third-order valence-electron chi connectivity index (χ3n) is 3.86. The number of aromatic amines is 1. The third kappa shape index (κ3) is 2.34. The summed E-state index contributed by atoms with van der Waals surface area (Å²) < 4.78 is 0. The van der Waals surface area contributed by atoms with Crippen LogP contribution in [0.1, 0.15) is 24.6 Å². The molecule has 6 nitrogen and oxygen atoms in total. The van der Waals surface area contributed by atoms with Gasteiger partial charge in [-0.05, 0) is 19.1 Å². The lowest BCUT2D eigenvalue weighted by Gasteiger charge is -2.18. The summed E-state index contributed by atoms with van der Waals surface area (Å²) in [5.41, 5.74) is 8.35. The lowest BCUT2D eigenvalue weighted by Crippen LogP contribution is -2.27. The molecule has 7 heteroatoms. The van der Waals surface area contributed by atoms with Gasteiger partial charge in [0.2, 0.25) is 0 Å². The van der Waals surface area contributed by atoms with Crippen molar-refractivity contribution in [3.05, 3.63) is 11.3 Å². The number of aromatic nitrogens is 3. The minimum absolute atomic E-state index is 0.169. The average Bonchev–Trinajstić information content (AvgIpc) is 3.08. The molecule has 1 aliphatic rings. The van der Waals surface area contributed by atoms with Crippen molar-refractivity contribution in [3.63, 3.8) is 0 Å². The lowest BCUT2D eigenvalue weighted by molar-refractivity contribution is 0.751. The van der Waals surface area contributed by atoms with Crippen LogP contribution in [0.3, 0.4) is 0 Å². The Bertz CT molecular complexity index is 716. The zero-order chi connectivity index (χ0) is 15.0. The van der Waals surface area contributed by atoms with Gasteiger partial charge in [0.25, 0.3) is 0 Å². The zero-order valence-electron chi connectivity index (χ0n) is 12.2. The summed E-state index contributed by atoms with van der Waals surface area (Å²) in [4.78, 5) is 14.6. The van der Waals surface area contributed by atoms with Crippen molar-refractivity contribution >= 4 is 28.6 Å². The summed E-state index contributed by atoms with van der Waals surface area (Å²) in [5, 5.41) is 11.1. The highest BCUT2D eigenvalue weighted by molar-refractivity contribution is 7.98. The van der Waals surface area contributed by atoms with Crippen LogP contribution in [0.2, 0.25) is 0 Å². The fraction of sp³-hybridized carbons (Fsp3) is 0.500. The van der Waals surface area contributed by atoms with Crippen LogP contribution in [-0.2, 0) is 6.42 Å². The number of nitriles is 1. The van der Waals surface area contributed by atoms with Crippen molar-refractivity contribution in [1.29, 1.82) is 5.26 Å². The molecule has 0 aliphatic carbocycles. The Morgan fingerprint density at radius 1 is 1.52 bits per heavy atom. The van der Waals surface area contributed by atoms with E-state index in [4.69, 9.17) is 5.73 Å². The Balaban J connectivity index is 2.25. The first-order valence-corrected chi connectivity index (χ1v) is 8.27. The highest BCUT2D eigenvalue weighted by atomic mass is 32.2.